The summed E-state index contributed by atoms with van der Waals surface area (Å²) in [6, 6.07) is 0. The molecule has 0 heterocycles. The number of carboxylic acid groups (broad SMARTS) is 1. The maximum atomic E-state index is 11.8. The molecule has 86 valence electrons. The second-order valence-electron chi connectivity index (χ2n) is 5.19. The van der Waals surface area contributed by atoms with Crippen LogP contribution in [0.25, 0.3) is 0 Å². The first-order valence-electron chi connectivity index (χ1n) is 5.33. The molecule has 15 heavy (non-hydrogen) atoms. The van der Waals surface area contributed by atoms with Gasteiger partial charge in [0.15, 0.2) is 0 Å². The van der Waals surface area contributed by atoms with Crippen LogP contribution in [0.15, 0.2) is 0 Å². The molecule has 0 aromatic heterocycles. The van der Waals surface area contributed by atoms with Crippen LogP contribution in [0.5, 0.6) is 0 Å². The Balaban J connectivity index is 2.61. The molecule has 4 heteroatoms. The second-order valence-corrected chi connectivity index (χ2v) is 5.19. The topological polar surface area (TPSA) is 57.6 Å². The fraction of sp³-hybridized carbons (Fsp3) is 0.818. The summed E-state index contributed by atoms with van der Waals surface area (Å²) in [6.07, 6.45) is 2.72. The molecule has 0 aromatic rings. The molecule has 1 saturated carbocycles. The number of hydrogen-bond donors (Lipinski definition) is 1. The fourth-order valence-corrected chi connectivity index (χ4v) is 1.51. The third-order valence-electron chi connectivity index (χ3n) is 2.56. The molecule has 1 aliphatic carbocycles. The number of rotatable bonds is 4. The highest BCUT2D eigenvalue weighted by atomic mass is 16.4. The van der Waals surface area contributed by atoms with Crippen LogP contribution < -0.4 is 0 Å². The van der Waals surface area contributed by atoms with Crippen molar-refractivity contribution in [2.45, 2.75) is 45.6 Å². The van der Waals surface area contributed by atoms with E-state index in [2.05, 4.69) is 0 Å². The zero-order valence-electron chi connectivity index (χ0n) is 9.62. The van der Waals surface area contributed by atoms with Gasteiger partial charge in [-0.15, -0.1) is 0 Å². The summed E-state index contributed by atoms with van der Waals surface area (Å²) in [7, 11) is 0. The molecule has 1 aliphatic rings. The number of amides is 1. The van der Waals surface area contributed by atoms with Gasteiger partial charge in [0.05, 0.1) is 0 Å². The Morgan fingerprint density at radius 3 is 2.20 bits per heavy atom. The van der Waals surface area contributed by atoms with Gasteiger partial charge in [-0.3, -0.25) is 9.59 Å². The van der Waals surface area contributed by atoms with Gasteiger partial charge < -0.3 is 10.0 Å². The smallest absolute Gasteiger partial charge is 0.323 e. The number of carbonyl (C=O) groups is 2. The summed E-state index contributed by atoms with van der Waals surface area (Å²) in [6.45, 7) is 5.39. The highest BCUT2D eigenvalue weighted by molar-refractivity contribution is 5.82. The van der Waals surface area contributed by atoms with Crippen LogP contribution in [0, 0.1) is 5.92 Å². The lowest BCUT2D eigenvalue weighted by molar-refractivity contribution is -0.148. The van der Waals surface area contributed by atoms with Crippen LogP contribution in [0.2, 0.25) is 0 Å². The molecule has 1 fully saturated rings. The minimum Gasteiger partial charge on any atom is -0.480 e. The molecular weight excluding hydrogens is 194 g/mol. The van der Waals surface area contributed by atoms with Crippen molar-refractivity contribution in [3.8, 4) is 0 Å². The lowest BCUT2D eigenvalue weighted by Gasteiger charge is -2.34. The van der Waals surface area contributed by atoms with Gasteiger partial charge in [-0.25, -0.2) is 0 Å². The van der Waals surface area contributed by atoms with Crippen molar-refractivity contribution in [1.29, 1.82) is 0 Å². The van der Waals surface area contributed by atoms with Gasteiger partial charge in [0.2, 0.25) is 5.91 Å². The minimum absolute atomic E-state index is 0.0348. The summed E-state index contributed by atoms with van der Waals surface area (Å²) in [5, 5.41) is 8.75. The number of aliphatic carboxylic acids is 1. The molecule has 0 saturated heterocycles. The number of hydrogen-bond acceptors (Lipinski definition) is 2. The van der Waals surface area contributed by atoms with Gasteiger partial charge in [0.25, 0.3) is 0 Å². The van der Waals surface area contributed by atoms with Gasteiger partial charge >= 0.3 is 5.97 Å². The van der Waals surface area contributed by atoms with Gasteiger partial charge in [0, 0.05) is 12.0 Å². The third-order valence-corrected chi connectivity index (χ3v) is 2.56. The Hall–Kier alpha value is -1.06. The molecule has 0 spiro atoms. The highest BCUT2D eigenvalue weighted by Gasteiger charge is 2.32. The van der Waals surface area contributed by atoms with Gasteiger partial charge in [0.1, 0.15) is 6.54 Å². The van der Waals surface area contributed by atoms with E-state index >= 15 is 0 Å². The Kier molecular flexibility index (Phi) is 3.37. The van der Waals surface area contributed by atoms with E-state index in [0.717, 1.165) is 12.8 Å². The molecule has 0 radical (unpaired) electrons. The quantitative estimate of drug-likeness (QED) is 0.769. The van der Waals surface area contributed by atoms with Crippen LogP contribution in [-0.4, -0.2) is 34.0 Å². The van der Waals surface area contributed by atoms with Crippen LogP contribution in [0.3, 0.4) is 0 Å². The Labute approximate surface area is 90.3 Å². The Bertz CT molecular complexity index is 263. The van der Waals surface area contributed by atoms with Gasteiger partial charge in [-0.2, -0.15) is 0 Å². The molecule has 1 rings (SSSR count). The largest absolute Gasteiger partial charge is 0.480 e. The number of nitrogens with zero attached hydrogens (tertiary/aromatic N) is 1. The van der Waals surface area contributed by atoms with E-state index in [1.54, 1.807) is 0 Å². The van der Waals surface area contributed by atoms with Gasteiger partial charge in [-0.1, -0.05) is 0 Å². The maximum Gasteiger partial charge on any atom is 0.323 e. The van der Waals surface area contributed by atoms with E-state index in [9.17, 15) is 9.59 Å². The van der Waals surface area contributed by atoms with Crippen molar-refractivity contribution in [2.75, 3.05) is 6.54 Å². The fourth-order valence-electron chi connectivity index (χ4n) is 1.51. The van der Waals surface area contributed by atoms with E-state index in [0.29, 0.717) is 12.3 Å². The van der Waals surface area contributed by atoms with Crippen molar-refractivity contribution < 1.29 is 14.7 Å². The lowest BCUT2D eigenvalue weighted by atomic mass is 10.0. The van der Waals surface area contributed by atoms with Crippen LogP contribution in [0.1, 0.15) is 40.0 Å². The zero-order chi connectivity index (χ0) is 11.6. The monoisotopic (exact) mass is 213 g/mol. The Morgan fingerprint density at radius 1 is 1.33 bits per heavy atom. The predicted molar refractivity (Wildman–Crippen MR) is 56.4 cm³/mol. The van der Waals surface area contributed by atoms with E-state index in [-0.39, 0.29) is 12.5 Å². The summed E-state index contributed by atoms with van der Waals surface area (Å²) in [5.41, 5.74) is -0.412. The predicted octanol–water partition coefficient (Wildman–Crippen LogP) is 1.50. The third kappa shape index (κ3) is 3.90. The molecule has 0 bridgehead atoms. The summed E-state index contributed by atoms with van der Waals surface area (Å²) in [4.78, 5) is 24.0. The molecule has 0 atom stereocenters. The van der Waals surface area contributed by atoms with Crippen molar-refractivity contribution in [3.05, 3.63) is 0 Å². The molecule has 4 nitrogen and oxygen atoms in total. The van der Waals surface area contributed by atoms with Crippen molar-refractivity contribution >= 4 is 11.9 Å². The lowest BCUT2D eigenvalue weighted by Crippen LogP contribution is -2.48. The Morgan fingerprint density at radius 2 is 1.87 bits per heavy atom. The molecule has 0 aromatic carbocycles. The first kappa shape index (κ1) is 12.0. The minimum atomic E-state index is -0.950. The average molecular weight is 213 g/mol. The first-order chi connectivity index (χ1) is 6.80. The maximum absolute atomic E-state index is 11.8. The SMILES string of the molecule is CC(C)(C)N(CC(=O)O)C(=O)CC1CC1. The normalized spacial score (nSPS) is 16.2. The van der Waals surface area contributed by atoms with Crippen molar-refractivity contribution in [2.24, 2.45) is 5.92 Å². The standard InChI is InChI=1S/C11H19NO3/c1-11(2,3)12(7-10(14)15)9(13)6-8-4-5-8/h8H,4-7H2,1-3H3,(H,14,15). The van der Waals surface area contributed by atoms with Crippen LogP contribution in [-0.2, 0) is 9.59 Å². The highest BCUT2D eigenvalue weighted by Crippen LogP contribution is 2.33. The van der Waals surface area contributed by atoms with E-state index in [1.807, 2.05) is 20.8 Å². The molecule has 0 unspecified atom stereocenters. The summed E-state index contributed by atoms with van der Waals surface area (Å²) < 4.78 is 0. The van der Waals surface area contributed by atoms with Crippen LogP contribution >= 0.6 is 0 Å². The van der Waals surface area contributed by atoms with E-state index in [1.165, 1.54) is 4.90 Å². The molecule has 1 amide bonds. The number of carboxylic acids is 1. The molecule has 0 aliphatic heterocycles. The first-order valence-corrected chi connectivity index (χ1v) is 5.33. The molecular formula is C11H19NO3. The van der Waals surface area contributed by atoms with Gasteiger partial charge in [-0.05, 0) is 39.5 Å². The zero-order valence-corrected chi connectivity index (χ0v) is 9.62. The van der Waals surface area contributed by atoms with Crippen molar-refractivity contribution in [3.63, 3.8) is 0 Å². The average Bonchev–Trinajstić information content (AvgIpc) is 2.81. The summed E-state index contributed by atoms with van der Waals surface area (Å²) >= 11 is 0. The van der Waals surface area contributed by atoms with E-state index in [4.69, 9.17) is 5.11 Å². The summed E-state index contributed by atoms with van der Waals surface area (Å²) in [5.74, 6) is -0.488. The van der Waals surface area contributed by atoms with Crippen LogP contribution in [0.4, 0.5) is 0 Å². The second kappa shape index (κ2) is 4.21. The van der Waals surface area contributed by atoms with Crippen molar-refractivity contribution in [1.82, 2.24) is 4.90 Å². The number of carbonyl (C=O) groups excluding carboxylic acids is 1. The molecule has 1 N–H and O–H groups in total. The van der Waals surface area contributed by atoms with E-state index < -0.39 is 11.5 Å².